The smallest absolute Gasteiger partial charge is 1.00 e. The fraction of sp³-hybridized carbons (Fsp3) is 0.295. The van der Waals surface area contributed by atoms with Gasteiger partial charge in [-0.3, -0.25) is 0 Å². The molecular weight excluding hydrogens is 1010 g/mol. The molecule has 0 aromatic heterocycles. The molecule has 0 heterocycles. The molecule has 0 bridgehead atoms. The molecule has 7 atom stereocenters. The van der Waals surface area contributed by atoms with Gasteiger partial charge in [0.1, 0.15) is 0 Å². The van der Waals surface area contributed by atoms with E-state index in [0.717, 1.165) is 64.1 Å². The molecule has 70 heavy (non-hydrogen) atoms. The van der Waals surface area contributed by atoms with Crippen LogP contribution in [-0.4, -0.2) is 0 Å². The van der Waals surface area contributed by atoms with E-state index in [1.165, 1.54) is 46.6 Å². The summed E-state index contributed by atoms with van der Waals surface area (Å²) in [5.41, 5.74) is 8.09. The second kappa shape index (κ2) is 17.6. The van der Waals surface area contributed by atoms with Crippen LogP contribution in [0.25, 0.3) is 27.8 Å². The number of rotatable bonds is 5. The predicted octanol–water partition coefficient (Wildman–Crippen LogP) is 11.5. The number of fused-ring (bicyclic) bond motifs is 8. The molecule has 0 amide bonds. The quantitative estimate of drug-likeness (QED) is 0.138. The molecule has 2 saturated carbocycles. The number of benzene rings is 4. The predicted molar refractivity (Wildman–Crippen MR) is 260 cm³/mol. The van der Waals surface area contributed by atoms with E-state index < -0.39 is 28.9 Å². The Kier molecular flexibility index (Phi) is 13.4. The molecule has 0 aliphatic heterocycles. The maximum Gasteiger partial charge on any atom is 3.00 e. The van der Waals surface area contributed by atoms with E-state index in [0.29, 0.717) is 11.1 Å². The Morgan fingerprint density at radius 2 is 0.900 bits per heavy atom. The third-order valence-electron chi connectivity index (χ3n) is 18.8. The SMILES string of the molecule is CC1=C(C2=CC=CC2)C(=C(c2ccc(-c3ccc(C(F)(F)F)cc3)cc2)c2ccc(-c3ccc(C(F)(F)F)cc3)cc2)C=C2[CH-]C3(C)C4(C)C=CC=CC4(C)C4(C)C=CC=CC4(C)C3(C)C21C.[Cl-].[Cl-].[Zr+3]. The summed E-state index contributed by atoms with van der Waals surface area (Å²) < 4.78 is 81.2. The molecule has 7 unspecified atom stereocenters. The monoisotopic (exact) mass is 1060 g/mol. The Hall–Kier alpha value is -4.55. The van der Waals surface area contributed by atoms with Crippen molar-refractivity contribution in [3.63, 3.8) is 0 Å². The zero-order chi connectivity index (χ0) is 47.8. The van der Waals surface area contributed by atoms with Gasteiger partial charge >= 0.3 is 38.6 Å². The van der Waals surface area contributed by atoms with Gasteiger partial charge in [0.2, 0.25) is 0 Å². The van der Waals surface area contributed by atoms with Crippen LogP contribution in [0.2, 0.25) is 0 Å². The van der Waals surface area contributed by atoms with Crippen LogP contribution in [0, 0.1) is 44.3 Å². The van der Waals surface area contributed by atoms with E-state index in [1.54, 1.807) is 0 Å². The van der Waals surface area contributed by atoms with Crippen molar-refractivity contribution < 1.29 is 77.4 Å². The van der Waals surface area contributed by atoms with Crippen molar-refractivity contribution in [1.82, 2.24) is 0 Å². The minimum Gasteiger partial charge on any atom is -1.00 e. The van der Waals surface area contributed by atoms with Crippen LogP contribution in [0.4, 0.5) is 26.3 Å². The fourth-order valence-corrected chi connectivity index (χ4v) is 14.2. The van der Waals surface area contributed by atoms with Crippen molar-refractivity contribution in [3.8, 4) is 22.3 Å². The first-order valence-electron chi connectivity index (χ1n) is 23.2. The Labute approximate surface area is 440 Å². The van der Waals surface area contributed by atoms with Crippen LogP contribution < -0.4 is 24.8 Å². The van der Waals surface area contributed by atoms with Crippen LogP contribution in [0.1, 0.15) is 84.1 Å². The molecule has 0 spiro atoms. The number of hydrogen-bond acceptors (Lipinski definition) is 0. The first-order chi connectivity index (χ1) is 31.5. The molecule has 6 aliphatic rings. The van der Waals surface area contributed by atoms with Crippen LogP contribution in [0.15, 0.2) is 198 Å². The topological polar surface area (TPSA) is 0 Å². The van der Waals surface area contributed by atoms with Crippen molar-refractivity contribution in [2.24, 2.45) is 37.9 Å². The Bertz CT molecular complexity index is 2910. The van der Waals surface area contributed by atoms with Crippen LogP contribution >= 0.6 is 0 Å². The van der Waals surface area contributed by atoms with Crippen LogP contribution in [0.3, 0.4) is 0 Å². The molecule has 1 radical (unpaired) electrons. The average molecular weight is 1060 g/mol. The summed E-state index contributed by atoms with van der Waals surface area (Å²) >= 11 is 0. The maximum absolute atomic E-state index is 13.5. The number of hydrogen-bond donors (Lipinski definition) is 0. The fourth-order valence-electron chi connectivity index (χ4n) is 14.2. The summed E-state index contributed by atoms with van der Waals surface area (Å²) in [4.78, 5) is 0. The first-order valence-corrected chi connectivity index (χ1v) is 23.2. The minimum absolute atomic E-state index is 0. The van der Waals surface area contributed by atoms with Gasteiger partial charge in [0.05, 0.1) is 11.1 Å². The summed E-state index contributed by atoms with van der Waals surface area (Å²) in [5.74, 6) is 0. The van der Waals surface area contributed by atoms with Gasteiger partial charge < -0.3 is 24.8 Å². The van der Waals surface area contributed by atoms with Crippen molar-refractivity contribution in [1.29, 1.82) is 0 Å². The molecule has 4 aromatic carbocycles. The molecule has 0 nitrogen and oxygen atoms in total. The average Bonchev–Trinajstić information content (AvgIpc) is 3.90. The van der Waals surface area contributed by atoms with Crippen molar-refractivity contribution >= 4 is 5.57 Å². The van der Waals surface area contributed by atoms with Gasteiger partial charge in [-0.25, -0.2) is 12.0 Å². The van der Waals surface area contributed by atoms with Crippen molar-refractivity contribution in [2.75, 3.05) is 0 Å². The summed E-state index contributed by atoms with van der Waals surface area (Å²) in [6, 6.07) is 26.6. The van der Waals surface area contributed by atoms with Gasteiger partial charge in [-0.1, -0.05) is 205 Å². The van der Waals surface area contributed by atoms with Gasteiger partial charge in [0.25, 0.3) is 0 Å². The normalized spacial score (nSPS) is 31.2. The largest absolute Gasteiger partial charge is 3.00 e. The minimum atomic E-state index is -4.43. The van der Waals surface area contributed by atoms with E-state index in [2.05, 4.69) is 159 Å². The summed E-state index contributed by atoms with van der Waals surface area (Å²) in [6.07, 6.45) is 22.4. The van der Waals surface area contributed by atoms with Crippen LogP contribution in [0.5, 0.6) is 0 Å². The molecule has 0 N–H and O–H groups in total. The summed E-state index contributed by atoms with van der Waals surface area (Å²) in [7, 11) is 0. The van der Waals surface area contributed by atoms with E-state index in [9.17, 15) is 26.3 Å². The van der Waals surface area contributed by atoms with E-state index in [4.69, 9.17) is 0 Å². The van der Waals surface area contributed by atoms with Gasteiger partial charge in [-0.05, 0) is 104 Å². The summed E-state index contributed by atoms with van der Waals surface area (Å²) in [5, 5.41) is 0. The molecule has 6 aliphatic carbocycles. The molecule has 359 valence electrons. The van der Waals surface area contributed by atoms with Gasteiger partial charge in [0.15, 0.2) is 0 Å². The molecule has 2 fully saturated rings. The molecular formula is C61H55Cl2F6Zr. The molecule has 0 saturated heterocycles. The Morgan fingerprint density at radius 3 is 1.30 bits per heavy atom. The second-order valence-corrected chi connectivity index (χ2v) is 20.9. The van der Waals surface area contributed by atoms with Crippen LogP contribution in [-0.2, 0) is 38.6 Å². The van der Waals surface area contributed by atoms with E-state index in [-0.39, 0.29) is 83.5 Å². The van der Waals surface area contributed by atoms with E-state index in [1.807, 2.05) is 24.3 Å². The standard InChI is InChI=1S/C61H55F6.2ClH.Zr/c1-39-51(44-15-9-10-16-44)50(37-49-38-57(6)55(4)35-12-11-33-53(55,2)54(3)34-13-14-36-56(54,5)59(57,8)58(39,49)7)52(45-21-17-40(18-22-45)42-25-29-47(30-26-42)60(62,63)64)46-23-19-41(20-24-46)43-27-31-48(32-28-43)61(65,66)67;;;/h9-15,17-38H,16H2,1-8H3;2*1H;/q-1;;;+3/p-2. The number of alkyl halides is 6. The number of allylic oxidation sites excluding steroid dienone is 17. The zero-order valence-electron chi connectivity index (χ0n) is 40.5. The third-order valence-corrected chi connectivity index (χ3v) is 18.8. The summed E-state index contributed by atoms with van der Waals surface area (Å²) in [6.45, 7) is 19.8. The zero-order valence-corrected chi connectivity index (χ0v) is 44.4. The van der Waals surface area contributed by atoms with Gasteiger partial charge in [-0.15, -0.1) is 0 Å². The third kappa shape index (κ3) is 6.97. The van der Waals surface area contributed by atoms with Crippen molar-refractivity contribution in [3.05, 3.63) is 227 Å². The maximum atomic E-state index is 13.5. The Morgan fingerprint density at radius 1 is 0.514 bits per heavy atom. The number of halogens is 8. The molecule has 4 aromatic rings. The molecule has 10 rings (SSSR count). The van der Waals surface area contributed by atoms with Gasteiger partial charge in [-0.2, -0.15) is 32.4 Å². The second-order valence-electron chi connectivity index (χ2n) is 20.9. The Balaban J connectivity index is 0.00000241. The molecule has 9 heteroatoms. The van der Waals surface area contributed by atoms with Gasteiger partial charge in [0, 0.05) is 16.2 Å². The van der Waals surface area contributed by atoms with Crippen molar-refractivity contribution in [2.45, 2.75) is 74.2 Å². The van der Waals surface area contributed by atoms with E-state index >= 15 is 0 Å². The first kappa shape index (κ1) is 53.3.